The lowest BCUT2D eigenvalue weighted by atomic mass is 10.1. The van der Waals surface area contributed by atoms with E-state index in [0.717, 1.165) is 21.5 Å². The van der Waals surface area contributed by atoms with Gasteiger partial charge in [0.05, 0.1) is 12.8 Å². The largest absolute Gasteiger partial charge is 0.497 e. The van der Waals surface area contributed by atoms with E-state index in [1.165, 1.54) is 11.3 Å². The third kappa shape index (κ3) is 4.56. The molecular weight excluding hydrogens is 426 g/mol. The molecule has 0 aliphatic rings. The second-order valence-corrected chi connectivity index (χ2v) is 7.34. The summed E-state index contributed by atoms with van der Waals surface area (Å²) in [6.45, 7) is 4.40. The van der Waals surface area contributed by atoms with Crippen LogP contribution in [0, 0.1) is 0 Å². The number of hydrogen-bond acceptors (Lipinski definition) is 4. The molecule has 138 valence electrons. The zero-order chi connectivity index (χ0) is 19.2. The summed E-state index contributed by atoms with van der Waals surface area (Å²) in [7, 11) is 1.64. The Bertz CT molecular complexity index is 1000. The number of halogens is 1. The molecule has 1 N–H and O–H groups in total. The van der Waals surface area contributed by atoms with Crippen molar-refractivity contribution in [2.45, 2.75) is 6.54 Å². The van der Waals surface area contributed by atoms with Gasteiger partial charge in [0, 0.05) is 22.0 Å². The SMILES string of the molecule is C=CCn1c(-c2ccc(OC)cc2)cs/c1=N\NC(=O)c1ccc(Br)cc1. The smallest absolute Gasteiger partial charge is 0.271 e. The topological polar surface area (TPSA) is 55.6 Å². The number of nitrogens with one attached hydrogen (secondary N) is 1. The molecule has 0 aliphatic carbocycles. The lowest BCUT2D eigenvalue weighted by Crippen LogP contribution is -2.24. The summed E-state index contributed by atoms with van der Waals surface area (Å²) in [6.07, 6.45) is 1.80. The van der Waals surface area contributed by atoms with Crippen LogP contribution in [0.2, 0.25) is 0 Å². The van der Waals surface area contributed by atoms with E-state index in [0.29, 0.717) is 16.9 Å². The second-order valence-electron chi connectivity index (χ2n) is 5.59. The van der Waals surface area contributed by atoms with E-state index < -0.39 is 0 Å². The molecule has 2 aromatic carbocycles. The van der Waals surface area contributed by atoms with Crippen LogP contribution in [-0.4, -0.2) is 17.6 Å². The number of nitrogens with zero attached hydrogens (tertiary/aromatic N) is 2. The monoisotopic (exact) mass is 443 g/mol. The van der Waals surface area contributed by atoms with Gasteiger partial charge in [-0.1, -0.05) is 22.0 Å². The Morgan fingerprint density at radius 1 is 1.26 bits per heavy atom. The van der Waals surface area contributed by atoms with Gasteiger partial charge >= 0.3 is 0 Å². The first-order valence-corrected chi connectivity index (χ1v) is 9.83. The lowest BCUT2D eigenvalue weighted by Gasteiger charge is -2.07. The summed E-state index contributed by atoms with van der Waals surface area (Å²) in [5.41, 5.74) is 5.20. The Hall–Kier alpha value is -2.64. The molecule has 0 saturated heterocycles. The molecule has 0 bridgehead atoms. The van der Waals surface area contributed by atoms with Crippen LogP contribution in [-0.2, 0) is 6.54 Å². The van der Waals surface area contributed by atoms with Gasteiger partial charge in [-0.05, 0) is 54.1 Å². The zero-order valence-corrected chi connectivity index (χ0v) is 17.1. The predicted octanol–water partition coefficient (Wildman–Crippen LogP) is 4.42. The van der Waals surface area contributed by atoms with E-state index in [1.807, 2.05) is 46.3 Å². The standard InChI is InChI=1S/C20H18BrN3O2S/c1-3-12-24-18(14-6-10-17(26-2)11-7-14)13-27-20(24)23-22-19(25)15-4-8-16(21)9-5-15/h3-11,13H,1,12H2,2H3,(H,22,25)/b23-20-. The maximum Gasteiger partial charge on any atom is 0.271 e. The Morgan fingerprint density at radius 3 is 2.59 bits per heavy atom. The molecule has 5 nitrogen and oxygen atoms in total. The van der Waals surface area contributed by atoms with Crippen molar-refractivity contribution in [3.63, 3.8) is 0 Å². The van der Waals surface area contributed by atoms with E-state index in [9.17, 15) is 4.79 Å². The van der Waals surface area contributed by atoms with Crippen LogP contribution in [0.4, 0.5) is 0 Å². The Labute approximate surface area is 169 Å². The molecule has 1 heterocycles. The normalized spacial score (nSPS) is 11.3. The van der Waals surface area contributed by atoms with E-state index in [1.54, 1.807) is 25.3 Å². The number of amides is 1. The van der Waals surface area contributed by atoms with Gasteiger partial charge in [0.1, 0.15) is 5.75 Å². The highest BCUT2D eigenvalue weighted by Gasteiger charge is 2.09. The molecule has 27 heavy (non-hydrogen) atoms. The van der Waals surface area contributed by atoms with Crippen LogP contribution in [0.25, 0.3) is 11.3 Å². The van der Waals surface area contributed by atoms with E-state index in [2.05, 4.69) is 33.0 Å². The third-order valence-corrected chi connectivity index (χ3v) is 5.25. The van der Waals surface area contributed by atoms with Crippen LogP contribution in [0.5, 0.6) is 5.75 Å². The predicted molar refractivity (Wildman–Crippen MR) is 112 cm³/mol. The van der Waals surface area contributed by atoms with Gasteiger partial charge < -0.3 is 9.30 Å². The second kappa shape index (κ2) is 8.83. The first-order valence-electron chi connectivity index (χ1n) is 8.15. The minimum absolute atomic E-state index is 0.257. The van der Waals surface area contributed by atoms with Gasteiger partial charge in [0.25, 0.3) is 5.91 Å². The highest BCUT2D eigenvalue weighted by molar-refractivity contribution is 9.10. The molecule has 0 atom stereocenters. The van der Waals surface area contributed by atoms with Crippen LogP contribution >= 0.6 is 27.3 Å². The molecule has 3 aromatic rings. The number of ether oxygens (including phenoxy) is 1. The van der Waals surface area contributed by atoms with E-state index >= 15 is 0 Å². The minimum atomic E-state index is -0.257. The highest BCUT2D eigenvalue weighted by atomic mass is 79.9. The molecule has 0 fully saturated rings. The number of rotatable bonds is 6. The summed E-state index contributed by atoms with van der Waals surface area (Å²) in [5.74, 6) is 0.544. The molecular formula is C20H18BrN3O2S. The average Bonchev–Trinajstić information content (AvgIpc) is 3.09. The fourth-order valence-corrected chi connectivity index (χ4v) is 3.62. The summed E-state index contributed by atoms with van der Waals surface area (Å²) in [5, 5.41) is 6.31. The molecule has 1 aromatic heterocycles. The van der Waals surface area contributed by atoms with Gasteiger partial charge in [0.2, 0.25) is 4.80 Å². The number of hydrogen-bond donors (Lipinski definition) is 1. The molecule has 0 spiro atoms. The van der Waals surface area contributed by atoms with Crippen molar-refractivity contribution in [1.82, 2.24) is 9.99 Å². The first kappa shape index (κ1) is 19.1. The molecule has 0 saturated carbocycles. The number of carbonyl (C=O) groups is 1. The minimum Gasteiger partial charge on any atom is -0.497 e. The first-order chi connectivity index (χ1) is 13.1. The van der Waals surface area contributed by atoms with Crippen molar-refractivity contribution in [2.75, 3.05) is 7.11 Å². The average molecular weight is 444 g/mol. The van der Waals surface area contributed by atoms with Crippen molar-refractivity contribution >= 4 is 33.2 Å². The summed E-state index contributed by atoms with van der Waals surface area (Å²) >= 11 is 4.81. The zero-order valence-electron chi connectivity index (χ0n) is 14.7. The number of benzene rings is 2. The van der Waals surface area contributed by atoms with Gasteiger partial charge in [-0.2, -0.15) is 0 Å². The Morgan fingerprint density at radius 2 is 1.96 bits per heavy atom. The summed E-state index contributed by atoms with van der Waals surface area (Å²) in [6, 6.07) is 14.9. The van der Waals surface area contributed by atoms with Crippen molar-refractivity contribution in [1.29, 1.82) is 0 Å². The Kier molecular flexibility index (Phi) is 6.26. The number of carbonyl (C=O) groups excluding carboxylic acids is 1. The lowest BCUT2D eigenvalue weighted by molar-refractivity contribution is 0.0953. The fourth-order valence-electron chi connectivity index (χ4n) is 2.48. The van der Waals surface area contributed by atoms with Crippen LogP contribution in [0.1, 0.15) is 10.4 Å². The van der Waals surface area contributed by atoms with Crippen LogP contribution in [0.15, 0.2) is 76.1 Å². The molecule has 0 unspecified atom stereocenters. The number of thiazole rings is 1. The van der Waals surface area contributed by atoms with Crippen LogP contribution in [0.3, 0.4) is 0 Å². The Balaban J connectivity index is 1.89. The molecule has 0 radical (unpaired) electrons. The van der Waals surface area contributed by atoms with Crippen molar-refractivity contribution in [3.05, 3.63) is 81.4 Å². The summed E-state index contributed by atoms with van der Waals surface area (Å²) < 4.78 is 8.13. The third-order valence-electron chi connectivity index (χ3n) is 3.85. The number of aromatic nitrogens is 1. The maximum atomic E-state index is 12.3. The van der Waals surface area contributed by atoms with Gasteiger partial charge in [-0.3, -0.25) is 4.79 Å². The molecule has 0 aliphatic heterocycles. The fraction of sp³-hybridized carbons (Fsp3) is 0.100. The van der Waals surface area contributed by atoms with Crippen molar-refractivity contribution < 1.29 is 9.53 Å². The maximum absolute atomic E-state index is 12.3. The van der Waals surface area contributed by atoms with Crippen LogP contribution < -0.4 is 15.0 Å². The molecule has 3 rings (SSSR count). The van der Waals surface area contributed by atoms with Gasteiger partial charge in [0.15, 0.2) is 0 Å². The van der Waals surface area contributed by atoms with E-state index in [4.69, 9.17) is 4.74 Å². The molecule has 7 heteroatoms. The van der Waals surface area contributed by atoms with Gasteiger partial charge in [-0.15, -0.1) is 23.0 Å². The highest BCUT2D eigenvalue weighted by Crippen LogP contribution is 2.23. The number of allylic oxidation sites excluding steroid dienone is 1. The van der Waals surface area contributed by atoms with Gasteiger partial charge in [-0.25, -0.2) is 5.43 Å². The summed E-state index contributed by atoms with van der Waals surface area (Å²) in [4.78, 5) is 13.0. The number of methoxy groups -OCH3 is 1. The van der Waals surface area contributed by atoms with E-state index in [-0.39, 0.29) is 5.91 Å². The van der Waals surface area contributed by atoms with Crippen molar-refractivity contribution in [2.24, 2.45) is 5.10 Å². The quantitative estimate of drug-likeness (QED) is 0.452. The van der Waals surface area contributed by atoms with Crippen molar-refractivity contribution in [3.8, 4) is 17.0 Å². The molecule has 1 amide bonds.